The van der Waals surface area contributed by atoms with Crippen LogP contribution in [-0.2, 0) is 9.59 Å². The molecule has 7 heteroatoms. The van der Waals surface area contributed by atoms with Crippen LogP contribution >= 0.6 is 12.2 Å². The van der Waals surface area contributed by atoms with E-state index in [1.54, 1.807) is 0 Å². The highest BCUT2D eigenvalue weighted by Gasteiger charge is 2.29. The zero-order chi connectivity index (χ0) is 20.7. The van der Waals surface area contributed by atoms with E-state index in [0.717, 1.165) is 50.4 Å². The summed E-state index contributed by atoms with van der Waals surface area (Å²) in [6, 6.07) is 7.97. The van der Waals surface area contributed by atoms with Gasteiger partial charge in [0.2, 0.25) is 11.8 Å². The number of hydrogen-bond acceptors (Lipinski definition) is 4. The first kappa shape index (κ1) is 22.1. The van der Waals surface area contributed by atoms with Gasteiger partial charge in [0.25, 0.3) is 0 Å². The van der Waals surface area contributed by atoms with Gasteiger partial charge in [0.15, 0.2) is 5.11 Å². The number of hydrogen-bond donors (Lipinski definition) is 2. The molecule has 0 atom stereocenters. The summed E-state index contributed by atoms with van der Waals surface area (Å²) in [5.41, 5.74) is 1.62. The predicted octanol–water partition coefficient (Wildman–Crippen LogP) is 3.38. The van der Waals surface area contributed by atoms with Crippen molar-refractivity contribution in [1.82, 2.24) is 10.2 Å². The second kappa shape index (κ2) is 9.87. The highest BCUT2D eigenvalue weighted by molar-refractivity contribution is 7.80. The standard InChI is InChI=1S/C21H32N4O2S/c1-5-6-7-18(26)23-20(28)22-16-8-10-17(11-9-16)24-12-14-25(15-13-24)19(27)21(2,3)4/h8-11H,5-7,12-15H2,1-4H3,(H2,22,23,26,28). The van der Waals surface area contributed by atoms with Crippen LogP contribution in [0.3, 0.4) is 0 Å². The smallest absolute Gasteiger partial charge is 0.228 e. The van der Waals surface area contributed by atoms with Crippen LogP contribution in [0.15, 0.2) is 24.3 Å². The average Bonchev–Trinajstić information content (AvgIpc) is 2.65. The summed E-state index contributed by atoms with van der Waals surface area (Å²) in [5, 5.41) is 6.07. The summed E-state index contributed by atoms with van der Waals surface area (Å²) in [7, 11) is 0. The molecule has 0 unspecified atom stereocenters. The number of carbonyl (C=O) groups is 2. The van der Waals surface area contributed by atoms with Crippen molar-refractivity contribution in [2.75, 3.05) is 36.4 Å². The van der Waals surface area contributed by atoms with E-state index < -0.39 is 0 Å². The molecular formula is C21H32N4O2S. The number of amides is 2. The van der Waals surface area contributed by atoms with E-state index in [1.165, 1.54) is 0 Å². The Hall–Kier alpha value is -2.15. The fourth-order valence-electron chi connectivity index (χ4n) is 3.09. The minimum Gasteiger partial charge on any atom is -0.368 e. The van der Waals surface area contributed by atoms with Crippen LogP contribution < -0.4 is 15.5 Å². The molecule has 1 aromatic carbocycles. The maximum atomic E-state index is 12.4. The fraction of sp³-hybridized carbons (Fsp3) is 0.571. The average molecular weight is 405 g/mol. The topological polar surface area (TPSA) is 64.7 Å². The van der Waals surface area contributed by atoms with Gasteiger partial charge in [-0.1, -0.05) is 34.1 Å². The molecule has 2 N–H and O–H groups in total. The SMILES string of the molecule is CCCCC(=O)NC(=S)Nc1ccc(N2CCN(C(=O)C(C)(C)C)CC2)cc1. The van der Waals surface area contributed by atoms with Crippen LogP contribution in [0.5, 0.6) is 0 Å². The van der Waals surface area contributed by atoms with Crippen LogP contribution in [0.4, 0.5) is 11.4 Å². The van der Waals surface area contributed by atoms with E-state index in [9.17, 15) is 9.59 Å². The van der Waals surface area contributed by atoms with E-state index in [0.29, 0.717) is 11.5 Å². The van der Waals surface area contributed by atoms with Gasteiger partial charge in [-0.15, -0.1) is 0 Å². The predicted molar refractivity (Wildman–Crippen MR) is 119 cm³/mol. The molecule has 1 heterocycles. The summed E-state index contributed by atoms with van der Waals surface area (Å²) in [6.07, 6.45) is 2.33. The number of nitrogens with one attached hydrogen (secondary N) is 2. The zero-order valence-electron chi connectivity index (χ0n) is 17.4. The second-order valence-electron chi connectivity index (χ2n) is 8.18. The Balaban J connectivity index is 1.84. The lowest BCUT2D eigenvalue weighted by atomic mass is 9.94. The second-order valence-corrected chi connectivity index (χ2v) is 8.59. The minimum absolute atomic E-state index is 0.0568. The van der Waals surface area contributed by atoms with Gasteiger partial charge >= 0.3 is 0 Å². The summed E-state index contributed by atoms with van der Waals surface area (Å²) >= 11 is 5.20. The Bertz CT molecular complexity index is 689. The van der Waals surface area contributed by atoms with Gasteiger partial charge in [-0.25, -0.2) is 0 Å². The van der Waals surface area contributed by atoms with Gasteiger partial charge in [-0.2, -0.15) is 0 Å². The van der Waals surface area contributed by atoms with Gasteiger partial charge in [0.05, 0.1) is 0 Å². The molecule has 0 aromatic heterocycles. The molecule has 6 nitrogen and oxygen atoms in total. The Kier molecular flexibility index (Phi) is 7.80. The van der Waals surface area contributed by atoms with E-state index in [4.69, 9.17) is 12.2 Å². The van der Waals surface area contributed by atoms with Crippen LogP contribution in [-0.4, -0.2) is 48.0 Å². The fourth-order valence-corrected chi connectivity index (χ4v) is 3.32. The Morgan fingerprint density at radius 2 is 1.68 bits per heavy atom. The number of unbranched alkanes of at least 4 members (excludes halogenated alkanes) is 1. The molecule has 0 bridgehead atoms. The third kappa shape index (κ3) is 6.48. The van der Waals surface area contributed by atoms with Crippen molar-refractivity contribution in [2.45, 2.75) is 47.0 Å². The third-order valence-electron chi connectivity index (χ3n) is 4.71. The molecule has 28 heavy (non-hydrogen) atoms. The monoisotopic (exact) mass is 404 g/mol. The quantitative estimate of drug-likeness (QED) is 0.737. The van der Waals surface area contributed by atoms with Crippen molar-refractivity contribution in [3.63, 3.8) is 0 Å². The van der Waals surface area contributed by atoms with Crippen molar-refractivity contribution < 1.29 is 9.59 Å². The lowest BCUT2D eigenvalue weighted by Crippen LogP contribution is -2.51. The van der Waals surface area contributed by atoms with E-state index in [2.05, 4.69) is 15.5 Å². The molecule has 0 aliphatic carbocycles. The first-order valence-electron chi connectivity index (χ1n) is 9.96. The summed E-state index contributed by atoms with van der Waals surface area (Å²) in [5.74, 6) is 0.153. The number of piperazine rings is 1. The summed E-state index contributed by atoms with van der Waals surface area (Å²) < 4.78 is 0. The van der Waals surface area contributed by atoms with Crippen molar-refractivity contribution in [3.05, 3.63) is 24.3 Å². The Morgan fingerprint density at radius 3 is 2.21 bits per heavy atom. The molecule has 154 valence electrons. The number of nitrogens with zero attached hydrogens (tertiary/aromatic N) is 2. The highest BCUT2D eigenvalue weighted by Crippen LogP contribution is 2.22. The molecule has 1 aliphatic heterocycles. The van der Waals surface area contributed by atoms with Gasteiger partial charge in [-0.05, 0) is 42.9 Å². The van der Waals surface area contributed by atoms with E-state index in [-0.39, 0.29) is 17.2 Å². The first-order valence-corrected chi connectivity index (χ1v) is 10.4. The van der Waals surface area contributed by atoms with Gasteiger partial charge < -0.3 is 20.4 Å². The van der Waals surface area contributed by atoms with Gasteiger partial charge in [-0.3, -0.25) is 9.59 Å². The maximum Gasteiger partial charge on any atom is 0.228 e. The molecule has 1 saturated heterocycles. The minimum atomic E-state index is -0.333. The largest absolute Gasteiger partial charge is 0.368 e. The van der Waals surface area contributed by atoms with Crippen molar-refractivity contribution in [1.29, 1.82) is 0 Å². The molecular weight excluding hydrogens is 372 g/mol. The zero-order valence-corrected chi connectivity index (χ0v) is 18.2. The molecule has 0 saturated carbocycles. The maximum absolute atomic E-state index is 12.4. The lowest BCUT2D eigenvalue weighted by molar-refractivity contribution is -0.139. The number of carbonyl (C=O) groups excluding carboxylic acids is 2. The first-order chi connectivity index (χ1) is 13.2. The van der Waals surface area contributed by atoms with Crippen LogP contribution in [0.1, 0.15) is 47.0 Å². The molecule has 1 fully saturated rings. The number of thiocarbonyl (C=S) groups is 1. The lowest BCUT2D eigenvalue weighted by Gasteiger charge is -2.38. The summed E-state index contributed by atoms with van der Waals surface area (Å²) in [4.78, 5) is 28.4. The third-order valence-corrected chi connectivity index (χ3v) is 4.91. The van der Waals surface area contributed by atoms with Gasteiger partial charge in [0, 0.05) is 49.4 Å². The van der Waals surface area contributed by atoms with E-state index in [1.807, 2.05) is 56.9 Å². The molecule has 2 rings (SSSR count). The molecule has 1 aliphatic rings. The molecule has 0 radical (unpaired) electrons. The summed E-state index contributed by atoms with van der Waals surface area (Å²) in [6.45, 7) is 11.1. The number of rotatable bonds is 5. The van der Waals surface area contributed by atoms with Crippen LogP contribution in [0, 0.1) is 5.41 Å². The highest BCUT2D eigenvalue weighted by atomic mass is 32.1. The van der Waals surface area contributed by atoms with Crippen LogP contribution in [0.25, 0.3) is 0 Å². The van der Waals surface area contributed by atoms with E-state index >= 15 is 0 Å². The molecule has 1 aromatic rings. The molecule has 2 amide bonds. The van der Waals surface area contributed by atoms with Crippen molar-refractivity contribution >= 4 is 40.5 Å². The number of benzene rings is 1. The number of anilines is 2. The van der Waals surface area contributed by atoms with Crippen molar-refractivity contribution in [3.8, 4) is 0 Å². The van der Waals surface area contributed by atoms with Crippen LogP contribution in [0.2, 0.25) is 0 Å². The Morgan fingerprint density at radius 1 is 1.07 bits per heavy atom. The van der Waals surface area contributed by atoms with Gasteiger partial charge in [0.1, 0.15) is 0 Å². The Labute approximate surface area is 173 Å². The normalized spacial score (nSPS) is 14.6. The van der Waals surface area contributed by atoms with Crippen molar-refractivity contribution in [2.24, 2.45) is 5.41 Å². The molecule has 0 spiro atoms.